The maximum Gasteiger partial charge on any atom is 0.227 e. The number of likely N-dealkylation sites (N-methyl/N-ethyl adjacent to an activating group) is 1. The fraction of sp³-hybridized carbons (Fsp3) is 0.211. The predicted molar refractivity (Wildman–Crippen MR) is 92.6 cm³/mol. The van der Waals surface area contributed by atoms with E-state index in [2.05, 4.69) is 11.8 Å². The number of rotatable bonds is 4. The Morgan fingerprint density at radius 2 is 1.87 bits per heavy atom. The van der Waals surface area contributed by atoms with E-state index in [-0.39, 0.29) is 12.1 Å². The monoisotopic (exact) mass is 308 g/mol. The molecule has 1 aliphatic rings. The van der Waals surface area contributed by atoms with E-state index in [9.17, 15) is 4.79 Å². The lowest BCUT2D eigenvalue weighted by Crippen LogP contribution is -2.33. The molecule has 0 spiro atoms. The van der Waals surface area contributed by atoms with Crippen LogP contribution in [0.15, 0.2) is 66.9 Å². The van der Waals surface area contributed by atoms with Crippen molar-refractivity contribution in [3.8, 4) is 5.75 Å². The summed E-state index contributed by atoms with van der Waals surface area (Å²) in [4.78, 5) is 15.7. The van der Waals surface area contributed by atoms with Crippen LogP contribution in [0.1, 0.15) is 13.8 Å². The predicted octanol–water partition coefficient (Wildman–Crippen LogP) is 3.80. The molecule has 0 saturated heterocycles. The Balaban J connectivity index is 1.83. The van der Waals surface area contributed by atoms with Crippen molar-refractivity contribution in [2.75, 3.05) is 16.3 Å². The van der Waals surface area contributed by atoms with E-state index >= 15 is 0 Å². The average Bonchev–Trinajstić information content (AvgIpc) is 2.93. The molecule has 1 amide bonds. The topological polar surface area (TPSA) is 32.8 Å². The van der Waals surface area contributed by atoms with Crippen molar-refractivity contribution in [2.24, 2.45) is 0 Å². The molecule has 3 rings (SSSR count). The van der Waals surface area contributed by atoms with Gasteiger partial charge in [-0.3, -0.25) is 9.69 Å². The molecule has 0 N–H and O–H groups in total. The Labute approximate surface area is 136 Å². The minimum absolute atomic E-state index is 0.0361. The van der Waals surface area contributed by atoms with Crippen LogP contribution in [-0.2, 0) is 4.79 Å². The van der Waals surface area contributed by atoms with Gasteiger partial charge in [0, 0.05) is 25.4 Å². The zero-order valence-corrected chi connectivity index (χ0v) is 13.3. The van der Waals surface area contributed by atoms with E-state index in [0.29, 0.717) is 0 Å². The maximum atomic E-state index is 11.9. The highest BCUT2D eigenvalue weighted by Gasteiger charge is 2.27. The van der Waals surface area contributed by atoms with Crippen molar-refractivity contribution in [3.63, 3.8) is 0 Å². The first-order valence-electron chi connectivity index (χ1n) is 7.76. The lowest BCUT2D eigenvalue weighted by atomic mass is 10.2. The molecule has 23 heavy (non-hydrogen) atoms. The average molecular weight is 308 g/mol. The summed E-state index contributed by atoms with van der Waals surface area (Å²) < 4.78 is 5.98. The molecule has 1 unspecified atom stereocenters. The molecule has 0 saturated carbocycles. The minimum Gasteiger partial charge on any atom is -0.465 e. The Morgan fingerprint density at radius 3 is 2.57 bits per heavy atom. The highest BCUT2D eigenvalue weighted by molar-refractivity contribution is 5.93. The highest BCUT2D eigenvalue weighted by Crippen LogP contribution is 2.36. The molecule has 1 atom stereocenters. The molecule has 0 bridgehead atoms. The van der Waals surface area contributed by atoms with Crippen LogP contribution in [-0.4, -0.2) is 18.7 Å². The summed E-state index contributed by atoms with van der Waals surface area (Å²) in [7, 11) is 0. The van der Waals surface area contributed by atoms with E-state index in [0.717, 1.165) is 23.7 Å². The van der Waals surface area contributed by atoms with E-state index in [1.54, 1.807) is 18.0 Å². The number of fused-ring (bicyclic) bond motifs is 1. The molecule has 118 valence electrons. The Kier molecular flexibility index (Phi) is 4.33. The Morgan fingerprint density at radius 1 is 1.17 bits per heavy atom. The van der Waals surface area contributed by atoms with Gasteiger partial charge in [-0.2, -0.15) is 0 Å². The minimum atomic E-state index is -0.206. The number of para-hydroxylation sites is 3. The molecule has 2 aromatic rings. The molecular weight excluding hydrogens is 288 g/mol. The van der Waals surface area contributed by atoms with Crippen LogP contribution in [0.3, 0.4) is 0 Å². The molecule has 0 fully saturated rings. The van der Waals surface area contributed by atoms with Gasteiger partial charge in [0.25, 0.3) is 0 Å². The van der Waals surface area contributed by atoms with Crippen LogP contribution >= 0.6 is 0 Å². The van der Waals surface area contributed by atoms with Gasteiger partial charge in [-0.15, -0.1) is 0 Å². The molecule has 0 aromatic heterocycles. The van der Waals surface area contributed by atoms with Crippen molar-refractivity contribution < 1.29 is 9.53 Å². The molecule has 4 nitrogen and oxygen atoms in total. The van der Waals surface area contributed by atoms with Gasteiger partial charge in [0.1, 0.15) is 5.75 Å². The zero-order valence-electron chi connectivity index (χ0n) is 13.3. The number of ether oxygens (including phenoxy) is 1. The normalized spacial score (nSPS) is 16.3. The van der Waals surface area contributed by atoms with E-state index in [1.807, 2.05) is 60.7 Å². The van der Waals surface area contributed by atoms with Crippen molar-refractivity contribution >= 4 is 17.3 Å². The molecule has 1 aliphatic heterocycles. The Hall–Kier alpha value is -2.75. The number of carbonyl (C=O) groups is 1. The summed E-state index contributed by atoms with van der Waals surface area (Å²) in [6.45, 7) is 4.48. The molecule has 0 aliphatic carbocycles. The molecule has 0 radical (unpaired) electrons. The number of hydrogen-bond donors (Lipinski definition) is 0. The first-order valence-corrected chi connectivity index (χ1v) is 7.76. The summed E-state index contributed by atoms with van der Waals surface area (Å²) in [6, 6.07) is 17.6. The summed E-state index contributed by atoms with van der Waals surface area (Å²) in [6.07, 6.45) is 3.50. The van der Waals surface area contributed by atoms with Crippen LogP contribution < -0.4 is 14.5 Å². The van der Waals surface area contributed by atoms with Gasteiger partial charge < -0.3 is 9.64 Å². The molecule has 2 aromatic carbocycles. The molecule has 4 heteroatoms. The fourth-order valence-electron chi connectivity index (χ4n) is 2.74. The summed E-state index contributed by atoms with van der Waals surface area (Å²) in [5, 5.41) is 0. The molecule has 1 heterocycles. The van der Waals surface area contributed by atoms with Crippen molar-refractivity contribution in [1.82, 2.24) is 0 Å². The van der Waals surface area contributed by atoms with Crippen molar-refractivity contribution in [3.05, 3.63) is 66.9 Å². The van der Waals surface area contributed by atoms with Gasteiger partial charge in [0.2, 0.25) is 5.91 Å². The SMILES string of the molecule is CCN1c2ccccc2OC1/C=C/N(C(C)=O)c1ccccc1. The van der Waals surface area contributed by atoms with Gasteiger partial charge in [0.05, 0.1) is 5.69 Å². The zero-order chi connectivity index (χ0) is 16.2. The van der Waals surface area contributed by atoms with Crippen molar-refractivity contribution in [2.45, 2.75) is 20.1 Å². The molecular formula is C19H20N2O2. The van der Waals surface area contributed by atoms with Gasteiger partial charge in [-0.25, -0.2) is 0 Å². The van der Waals surface area contributed by atoms with Crippen LogP contribution in [0.4, 0.5) is 11.4 Å². The second-order valence-corrected chi connectivity index (χ2v) is 5.33. The van der Waals surface area contributed by atoms with Crippen LogP contribution in [0, 0.1) is 0 Å². The van der Waals surface area contributed by atoms with Crippen LogP contribution in [0.5, 0.6) is 5.75 Å². The lowest BCUT2D eigenvalue weighted by Gasteiger charge is -2.22. The highest BCUT2D eigenvalue weighted by atomic mass is 16.5. The number of nitrogens with zero attached hydrogens (tertiary/aromatic N) is 2. The van der Waals surface area contributed by atoms with E-state index < -0.39 is 0 Å². The van der Waals surface area contributed by atoms with Crippen LogP contribution in [0.2, 0.25) is 0 Å². The third kappa shape index (κ3) is 3.06. The van der Waals surface area contributed by atoms with E-state index in [1.165, 1.54) is 0 Å². The lowest BCUT2D eigenvalue weighted by molar-refractivity contribution is -0.116. The second-order valence-electron chi connectivity index (χ2n) is 5.33. The number of carbonyl (C=O) groups excluding carboxylic acids is 1. The van der Waals surface area contributed by atoms with Gasteiger partial charge >= 0.3 is 0 Å². The second kappa shape index (κ2) is 6.57. The summed E-state index contributed by atoms with van der Waals surface area (Å²) in [5.41, 5.74) is 1.92. The van der Waals surface area contributed by atoms with E-state index in [4.69, 9.17) is 4.74 Å². The number of benzene rings is 2. The third-order valence-electron chi connectivity index (χ3n) is 3.84. The summed E-state index contributed by atoms with van der Waals surface area (Å²) in [5.74, 6) is 0.837. The quantitative estimate of drug-likeness (QED) is 0.861. The maximum absolute atomic E-state index is 11.9. The van der Waals surface area contributed by atoms with Crippen LogP contribution in [0.25, 0.3) is 0 Å². The van der Waals surface area contributed by atoms with Gasteiger partial charge in [0.15, 0.2) is 6.23 Å². The number of hydrogen-bond acceptors (Lipinski definition) is 3. The smallest absolute Gasteiger partial charge is 0.227 e. The number of anilines is 2. The first kappa shape index (κ1) is 15.2. The van der Waals surface area contributed by atoms with Gasteiger partial charge in [-0.05, 0) is 37.3 Å². The Bertz CT molecular complexity index is 712. The summed E-state index contributed by atoms with van der Waals surface area (Å²) >= 11 is 0. The number of amides is 1. The first-order chi connectivity index (χ1) is 11.2. The fourth-order valence-corrected chi connectivity index (χ4v) is 2.74. The van der Waals surface area contributed by atoms with Gasteiger partial charge in [-0.1, -0.05) is 30.3 Å². The standard InChI is InChI=1S/C19H20N2O2/c1-3-20-17-11-7-8-12-18(17)23-19(20)13-14-21(15(2)22)16-9-5-4-6-10-16/h4-14,19H,3H2,1-2H3/b14-13+. The largest absolute Gasteiger partial charge is 0.465 e. The van der Waals surface area contributed by atoms with Crippen molar-refractivity contribution in [1.29, 1.82) is 0 Å². The third-order valence-corrected chi connectivity index (χ3v) is 3.84.